The monoisotopic (exact) mass is 331 g/mol. The number of rotatable bonds is 16. The molecule has 0 fully saturated rings. The number of unbranched alkanes of at least 4 members (excludes halogenated alkanes) is 9. The van der Waals surface area contributed by atoms with Gasteiger partial charge in [0.1, 0.15) is 0 Å². The van der Waals surface area contributed by atoms with Crippen molar-refractivity contribution in [3.63, 3.8) is 0 Å². The number of hydrogen-bond donors (Lipinski definition) is 0. The van der Waals surface area contributed by atoms with Gasteiger partial charge < -0.3 is 13.3 Å². The lowest BCUT2D eigenvalue weighted by molar-refractivity contribution is 0.122. The van der Waals surface area contributed by atoms with E-state index in [4.69, 9.17) is 13.3 Å². The first kappa shape index (κ1) is 21.5. The van der Waals surface area contributed by atoms with Gasteiger partial charge in [-0.15, -0.1) is 0 Å². The van der Waals surface area contributed by atoms with Gasteiger partial charge in [0.25, 0.3) is 0 Å². The van der Waals surface area contributed by atoms with Gasteiger partial charge in [0.2, 0.25) is 6.08 Å². The zero-order valence-corrected chi connectivity index (χ0v) is 15.6. The number of carbonyl (C=O) groups excluding carboxylic acids is 1. The highest BCUT2D eigenvalue weighted by Gasteiger charge is 2.36. The largest absolute Gasteiger partial charge is 0.500 e. The van der Waals surface area contributed by atoms with Crippen LogP contribution in [0.4, 0.5) is 0 Å². The summed E-state index contributed by atoms with van der Waals surface area (Å²) in [6.45, 7) is 0.638. The first-order valence-corrected chi connectivity index (χ1v) is 10.4. The summed E-state index contributed by atoms with van der Waals surface area (Å²) < 4.78 is 16.2. The Morgan fingerprint density at radius 1 is 0.727 bits per heavy atom. The summed E-state index contributed by atoms with van der Waals surface area (Å²) in [5, 5.41) is 0. The van der Waals surface area contributed by atoms with Crippen LogP contribution in [0.15, 0.2) is 4.99 Å². The molecule has 0 aromatic carbocycles. The Morgan fingerprint density at radius 2 is 1.14 bits per heavy atom. The quantitative estimate of drug-likeness (QED) is 0.185. The Labute approximate surface area is 136 Å². The van der Waals surface area contributed by atoms with Crippen LogP contribution in [-0.2, 0) is 18.1 Å². The summed E-state index contributed by atoms with van der Waals surface area (Å²) in [7, 11) is 2.66. The van der Waals surface area contributed by atoms with Crippen molar-refractivity contribution in [2.75, 3.05) is 27.9 Å². The highest BCUT2D eigenvalue weighted by Crippen LogP contribution is 2.18. The van der Waals surface area contributed by atoms with E-state index in [9.17, 15) is 4.79 Å². The molecule has 0 saturated heterocycles. The average Bonchev–Trinajstić information content (AvgIpc) is 2.56. The van der Waals surface area contributed by atoms with Gasteiger partial charge in [0.15, 0.2) is 0 Å². The Kier molecular flexibility index (Phi) is 15.0. The number of isocyanates is 1. The predicted octanol–water partition coefficient (Wildman–Crippen LogP) is 4.10. The van der Waals surface area contributed by atoms with Gasteiger partial charge >= 0.3 is 8.80 Å². The van der Waals surface area contributed by atoms with Crippen LogP contribution in [0, 0.1) is 0 Å². The molecule has 0 N–H and O–H groups in total. The molecule has 0 amide bonds. The second-order valence-corrected chi connectivity index (χ2v) is 8.64. The molecule has 0 atom stereocenters. The van der Waals surface area contributed by atoms with E-state index in [-0.39, 0.29) is 0 Å². The molecule has 0 unspecified atom stereocenters. The molecule has 0 aliphatic heterocycles. The van der Waals surface area contributed by atoms with E-state index in [0.717, 1.165) is 18.9 Å². The van der Waals surface area contributed by atoms with E-state index < -0.39 is 8.80 Å². The van der Waals surface area contributed by atoms with Crippen molar-refractivity contribution in [1.29, 1.82) is 0 Å². The number of aliphatic imine (C=N–C) groups is 1. The first-order chi connectivity index (χ1) is 10.7. The normalized spacial score (nSPS) is 11.4. The maximum Gasteiger partial charge on any atom is 0.500 e. The fraction of sp³-hybridized carbons (Fsp3) is 0.938. The van der Waals surface area contributed by atoms with Crippen molar-refractivity contribution < 1.29 is 18.1 Å². The Morgan fingerprint density at radius 3 is 1.55 bits per heavy atom. The second kappa shape index (κ2) is 15.4. The minimum atomic E-state index is -2.35. The summed E-state index contributed by atoms with van der Waals surface area (Å²) in [5.74, 6) is 0. The first-order valence-electron chi connectivity index (χ1n) is 8.43. The molecular weight excluding hydrogens is 298 g/mol. The third kappa shape index (κ3) is 11.1. The molecular formula is C16H33NO4Si. The van der Waals surface area contributed by atoms with E-state index in [1.54, 1.807) is 27.4 Å². The van der Waals surface area contributed by atoms with Crippen LogP contribution in [0.3, 0.4) is 0 Å². The van der Waals surface area contributed by atoms with Gasteiger partial charge in [-0.05, 0) is 12.8 Å². The molecule has 0 heterocycles. The Hall–Kier alpha value is -0.523. The van der Waals surface area contributed by atoms with Gasteiger partial charge in [-0.2, -0.15) is 0 Å². The highest BCUT2D eigenvalue weighted by molar-refractivity contribution is 6.60. The maximum atomic E-state index is 9.88. The molecule has 0 rings (SSSR count). The topological polar surface area (TPSA) is 57.1 Å². The lowest BCUT2D eigenvalue weighted by Gasteiger charge is -2.24. The average molecular weight is 332 g/mol. The predicted molar refractivity (Wildman–Crippen MR) is 90.7 cm³/mol. The standard InChI is InChI=1S/C16H33NO4Si/c1-19-22(20-2,21-3)15-13-11-9-7-5-4-6-8-10-12-14-17-16-18/h4-15H2,1-3H3. The summed E-state index contributed by atoms with van der Waals surface area (Å²) in [4.78, 5) is 13.4. The third-order valence-corrected chi connectivity index (χ3v) is 6.83. The lowest BCUT2D eigenvalue weighted by atomic mass is 10.1. The molecule has 0 aliphatic rings. The minimum absolute atomic E-state index is 0.638. The summed E-state index contributed by atoms with van der Waals surface area (Å²) in [5.41, 5.74) is 0. The molecule has 0 aromatic heterocycles. The molecule has 22 heavy (non-hydrogen) atoms. The fourth-order valence-corrected chi connectivity index (χ4v) is 4.34. The van der Waals surface area contributed by atoms with Crippen molar-refractivity contribution in [3.8, 4) is 0 Å². The minimum Gasteiger partial charge on any atom is -0.377 e. The van der Waals surface area contributed by atoms with E-state index in [2.05, 4.69) is 4.99 Å². The van der Waals surface area contributed by atoms with Crippen molar-refractivity contribution in [3.05, 3.63) is 0 Å². The summed E-state index contributed by atoms with van der Waals surface area (Å²) in [6.07, 6.45) is 13.8. The number of hydrogen-bond acceptors (Lipinski definition) is 5. The SMILES string of the molecule is CO[Si](CCCCCCCCCCCCN=C=O)(OC)OC. The molecule has 0 aliphatic carbocycles. The molecule has 130 valence electrons. The smallest absolute Gasteiger partial charge is 0.377 e. The third-order valence-electron chi connectivity index (χ3n) is 4.00. The van der Waals surface area contributed by atoms with Gasteiger partial charge in [-0.25, -0.2) is 9.79 Å². The van der Waals surface area contributed by atoms with Crippen LogP contribution in [0.5, 0.6) is 0 Å². The Balaban J connectivity index is 3.31. The van der Waals surface area contributed by atoms with Crippen molar-refractivity contribution in [1.82, 2.24) is 0 Å². The molecule has 0 saturated carbocycles. The van der Waals surface area contributed by atoms with E-state index in [0.29, 0.717) is 6.54 Å². The zero-order valence-electron chi connectivity index (χ0n) is 14.6. The zero-order chi connectivity index (χ0) is 16.5. The van der Waals surface area contributed by atoms with Crippen LogP contribution >= 0.6 is 0 Å². The molecule has 5 nitrogen and oxygen atoms in total. The van der Waals surface area contributed by atoms with Gasteiger partial charge in [0.05, 0.1) is 6.54 Å². The van der Waals surface area contributed by atoms with E-state index >= 15 is 0 Å². The molecule has 6 heteroatoms. The molecule has 0 bridgehead atoms. The van der Waals surface area contributed by atoms with Gasteiger partial charge in [0, 0.05) is 27.4 Å². The van der Waals surface area contributed by atoms with Crippen LogP contribution in [0.25, 0.3) is 0 Å². The van der Waals surface area contributed by atoms with Gasteiger partial charge in [-0.1, -0.05) is 51.4 Å². The van der Waals surface area contributed by atoms with Crippen molar-refractivity contribution >= 4 is 14.9 Å². The summed E-state index contributed by atoms with van der Waals surface area (Å²) >= 11 is 0. The molecule has 0 radical (unpaired) electrons. The van der Waals surface area contributed by atoms with Crippen molar-refractivity contribution in [2.24, 2.45) is 4.99 Å². The van der Waals surface area contributed by atoms with Crippen LogP contribution in [0.2, 0.25) is 6.04 Å². The highest BCUT2D eigenvalue weighted by atomic mass is 28.4. The molecule has 0 aromatic rings. The van der Waals surface area contributed by atoms with Crippen molar-refractivity contribution in [2.45, 2.75) is 70.3 Å². The molecule has 0 spiro atoms. The second-order valence-electron chi connectivity index (χ2n) is 5.55. The van der Waals surface area contributed by atoms with E-state index in [1.165, 1.54) is 51.4 Å². The summed E-state index contributed by atoms with van der Waals surface area (Å²) in [6, 6.07) is 0.903. The number of nitrogens with zero attached hydrogens (tertiary/aromatic N) is 1. The fourth-order valence-electron chi connectivity index (χ4n) is 2.55. The van der Waals surface area contributed by atoms with E-state index in [1.807, 2.05) is 0 Å². The maximum absolute atomic E-state index is 9.88. The van der Waals surface area contributed by atoms with Crippen LogP contribution < -0.4 is 0 Å². The van der Waals surface area contributed by atoms with Crippen LogP contribution in [-0.4, -0.2) is 42.8 Å². The van der Waals surface area contributed by atoms with Crippen LogP contribution in [0.1, 0.15) is 64.2 Å². The van der Waals surface area contributed by atoms with Gasteiger partial charge in [-0.3, -0.25) is 0 Å². The Bertz CT molecular complexity index is 284. The lowest BCUT2D eigenvalue weighted by Crippen LogP contribution is -2.42.